The molecular formula is C22H32N6O. The van der Waals surface area contributed by atoms with Crippen molar-refractivity contribution >= 4 is 11.9 Å². The highest BCUT2D eigenvalue weighted by molar-refractivity contribution is 5.79. The highest BCUT2D eigenvalue weighted by Crippen LogP contribution is 2.27. The van der Waals surface area contributed by atoms with E-state index in [9.17, 15) is 4.79 Å². The number of amides is 1. The number of aliphatic imine (C=N–C) groups is 1. The van der Waals surface area contributed by atoms with Gasteiger partial charge in [0.05, 0.1) is 18.4 Å². The Morgan fingerprint density at radius 3 is 2.66 bits per heavy atom. The molecular weight excluding hydrogens is 364 g/mol. The third-order valence-corrected chi connectivity index (χ3v) is 5.35. The molecule has 7 nitrogen and oxygen atoms in total. The number of hydrogen-bond donors (Lipinski definition) is 3. The predicted molar refractivity (Wildman–Crippen MR) is 116 cm³/mol. The molecule has 3 rings (SSSR count). The monoisotopic (exact) mass is 396 g/mol. The quantitative estimate of drug-likeness (QED) is 0.364. The molecule has 1 amide bonds. The number of imidazole rings is 1. The Hall–Kier alpha value is -2.83. The Morgan fingerprint density at radius 1 is 1.21 bits per heavy atom. The maximum atomic E-state index is 12.0. The molecule has 1 saturated carbocycles. The van der Waals surface area contributed by atoms with Crippen molar-refractivity contribution in [1.82, 2.24) is 25.5 Å². The van der Waals surface area contributed by atoms with E-state index in [-0.39, 0.29) is 5.91 Å². The standard InChI is InChI=1S/C22H32N6O/c1-23-22(25-13-12-24-21(29)14-17-8-6-7-9-17)28(2)16-20-26-15-19(27-20)18-10-4-3-5-11-18/h3-5,10-11,15,17H,6-9,12-14,16H2,1-2H3,(H,23,25)(H,24,29)(H,26,27). The van der Waals surface area contributed by atoms with Crippen LogP contribution in [0.5, 0.6) is 0 Å². The average molecular weight is 397 g/mol. The normalized spacial score (nSPS) is 14.8. The first-order valence-electron chi connectivity index (χ1n) is 10.4. The number of rotatable bonds is 8. The van der Waals surface area contributed by atoms with Crippen LogP contribution >= 0.6 is 0 Å². The van der Waals surface area contributed by atoms with Crippen molar-refractivity contribution < 1.29 is 4.79 Å². The van der Waals surface area contributed by atoms with Crippen LogP contribution < -0.4 is 10.6 Å². The second-order valence-corrected chi connectivity index (χ2v) is 7.64. The van der Waals surface area contributed by atoms with Crippen LogP contribution in [0, 0.1) is 5.92 Å². The first-order valence-corrected chi connectivity index (χ1v) is 10.4. The lowest BCUT2D eigenvalue weighted by Gasteiger charge is -2.21. The van der Waals surface area contributed by atoms with Gasteiger partial charge in [0.2, 0.25) is 5.91 Å². The van der Waals surface area contributed by atoms with Crippen molar-refractivity contribution in [2.45, 2.75) is 38.6 Å². The largest absolute Gasteiger partial charge is 0.354 e. The van der Waals surface area contributed by atoms with Gasteiger partial charge in [0.25, 0.3) is 0 Å². The molecule has 0 atom stereocenters. The summed E-state index contributed by atoms with van der Waals surface area (Å²) in [7, 11) is 3.73. The maximum Gasteiger partial charge on any atom is 0.220 e. The number of carbonyl (C=O) groups excluding carboxylic acids is 1. The van der Waals surface area contributed by atoms with Gasteiger partial charge in [-0.15, -0.1) is 0 Å². The van der Waals surface area contributed by atoms with E-state index in [1.165, 1.54) is 25.7 Å². The molecule has 1 aromatic heterocycles. The zero-order chi connectivity index (χ0) is 20.5. The Kier molecular flexibility index (Phi) is 7.67. The van der Waals surface area contributed by atoms with Gasteiger partial charge >= 0.3 is 0 Å². The van der Waals surface area contributed by atoms with Crippen LogP contribution in [0.3, 0.4) is 0 Å². The van der Waals surface area contributed by atoms with Crippen LogP contribution in [-0.2, 0) is 11.3 Å². The third-order valence-electron chi connectivity index (χ3n) is 5.35. The molecule has 0 spiro atoms. The molecule has 1 fully saturated rings. The average Bonchev–Trinajstić information content (AvgIpc) is 3.41. The van der Waals surface area contributed by atoms with E-state index in [1.54, 1.807) is 7.05 Å². The lowest BCUT2D eigenvalue weighted by molar-refractivity contribution is -0.121. The Morgan fingerprint density at radius 2 is 1.93 bits per heavy atom. The molecule has 7 heteroatoms. The van der Waals surface area contributed by atoms with Crippen LogP contribution in [0.1, 0.15) is 37.9 Å². The molecule has 0 saturated heterocycles. The fraction of sp³-hybridized carbons (Fsp3) is 0.500. The zero-order valence-electron chi connectivity index (χ0n) is 17.4. The molecule has 156 valence electrons. The number of nitrogens with one attached hydrogen (secondary N) is 3. The Bertz CT molecular complexity index is 795. The molecule has 1 aliphatic rings. The number of aromatic nitrogens is 2. The van der Waals surface area contributed by atoms with Gasteiger partial charge in [-0.25, -0.2) is 4.98 Å². The highest BCUT2D eigenvalue weighted by atomic mass is 16.1. The lowest BCUT2D eigenvalue weighted by Crippen LogP contribution is -2.42. The number of nitrogens with zero attached hydrogens (tertiary/aromatic N) is 3. The number of benzene rings is 1. The summed E-state index contributed by atoms with van der Waals surface area (Å²) in [6.45, 7) is 1.85. The van der Waals surface area contributed by atoms with Crippen LogP contribution in [0.15, 0.2) is 41.5 Å². The summed E-state index contributed by atoms with van der Waals surface area (Å²) in [6, 6.07) is 10.1. The lowest BCUT2D eigenvalue weighted by atomic mass is 10.0. The van der Waals surface area contributed by atoms with E-state index in [4.69, 9.17) is 0 Å². The number of H-pyrrole nitrogens is 1. The molecule has 0 aliphatic heterocycles. The molecule has 0 unspecified atom stereocenters. The van der Waals surface area contributed by atoms with Crippen molar-refractivity contribution in [3.63, 3.8) is 0 Å². The molecule has 29 heavy (non-hydrogen) atoms. The SMILES string of the molecule is CN=C(NCCNC(=O)CC1CCCC1)N(C)Cc1ncc(-c2ccccc2)[nH]1. The first kappa shape index (κ1) is 20.9. The van der Waals surface area contributed by atoms with Crippen molar-refractivity contribution in [1.29, 1.82) is 0 Å². The summed E-state index contributed by atoms with van der Waals surface area (Å²) in [5, 5.41) is 6.30. The van der Waals surface area contributed by atoms with Crippen LogP contribution in [0.25, 0.3) is 11.3 Å². The minimum atomic E-state index is 0.158. The van der Waals surface area contributed by atoms with Gasteiger partial charge in [-0.3, -0.25) is 9.79 Å². The summed E-state index contributed by atoms with van der Waals surface area (Å²) >= 11 is 0. The van der Waals surface area contributed by atoms with E-state index >= 15 is 0 Å². The minimum absolute atomic E-state index is 0.158. The van der Waals surface area contributed by atoms with Gasteiger partial charge in [0.1, 0.15) is 5.82 Å². The van der Waals surface area contributed by atoms with Gasteiger partial charge in [0.15, 0.2) is 5.96 Å². The number of guanidine groups is 1. The summed E-state index contributed by atoms with van der Waals surface area (Å²) in [6.07, 6.45) is 7.45. The second-order valence-electron chi connectivity index (χ2n) is 7.64. The van der Waals surface area contributed by atoms with Gasteiger partial charge in [0, 0.05) is 33.6 Å². The third kappa shape index (κ3) is 6.34. The fourth-order valence-electron chi connectivity index (χ4n) is 3.82. The molecule has 0 radical (unpaired) electrons. The fourth-order valence-corrected chi connectivity index (χ4v) is 3.82. The summed E-state index contributed by atoms with van der Waals surface area (Å²) in [4.78, 5) is 26.2. The Balaban J connectivity index is 1.40. The van der Waals surface area contributed by atoms with Crippen molar-refractivity contribution in [3.05, 3.63) is 42.4 Å². The predicted octanol–water partition coefficient (Wildman–Crippen LogP) is 2.78. The first-order chi connectivity index (χ1) is 14.2. The molecule has 3 N–H and O–H groups in total. The van der Waals surface area contributed by atoms with Crippen LogP contribution in [0.4, 0.5) is 0 Å². The van der Waals surface area contributed by atoms with E-state index in [0.29, 0.717) is 32.0 Å². The summed E-state index contributed by atoms with van der Waals surface area (Å²) in [5.41, 5.74) is 2.12. The van der Waals surface area contributed by atoms with Crippen molar-refractivity contribution in [2.24, 2.45) is 10.9 Å². The van der Waals surface area contributed by atoms with E-state index in [2.05, 4.69) is 37.7 Å². The Labute approximate surface area is 173 Å². The summed E-state index contributed by atoms with van der Waals surface area (Å²) < 4.78 is 0. The van der Waals surface area contributed by atoms with Gasteiger partial charge in [-0.05, 0) is 24.3 Å². The molecule has 1 heterocycles. The zero-order valence-corrected chi connectivity index (χ0v) is 17.4. The van der Waals surface area contributed by atoms with Gasteiger partial charge < -0.3 is 20.5 Å². The number of aromatic amines is 1. The van der Waals surface area contributed by atoms with E-state index in [0.717, 1.165) is 23.0 Å². The van der Waals surface area contributed by atoms with E-state index in [1.807, 2.05) is 36.3 Å². The van der Waals surface area contributed by atoms with Crippen molar-refractivity contribution in [3.8, 4) is 11.3 Å². The number of carbonyl (C=O) groups is 1. The van der Waals surface area contributed by atoms with Crippen LogP contribution in [-0.4, -0.2) is 53.9 Å². The molecule has 1 aromatic carbocycles. The van der Waals surface area contributed by atoms with Crippen molar-refractivity contribution in [2.75, 3.05) is 27.2 Å². The summed E-state index contributed by atoms with van der Waals surface area (Å²) in [5.74, 6) is 2.38. The van der Waals surface area contributed by atoms with E-state index < -0.39 is 0 Å². The number of hydrogen-bond acceptors (Lipinski definition) is 3. The van der Waals surface area contributed by atoms with Crippen LogP contribution in [0.2, 0.25) is 0 Å². The topological polar surface area (TPSA) is 85.4 Å². The molecule has 0 bridgehead atoms. The highest BCUT2D eigenvalue weighted by Gasteiger charge is 2.18. The molecule has 1 aliphatic carbocycles. The maximum absolute atomic E-state index is 12.0. The smallest absolute Gasteiger partial charge is 0.220 e. The van der Waals surface area contributed by atoms with Gasteiger partial charge in [-0.1, -0.05) is 43.2 Å². The van der Waals surface area contributed by atoms with Gasteiger partial charge in [-0.2, -0.15) is 0 Å². The second kappa shape index (κ2) is 10.6. The molecule has 2 aromatic rings. The minimum Gasteiger partial charge on any atom is -0.354 e.